The predicted molar refractivity (Wildman–Crippen MR) is 89.5 cm³/mol. The summed E-state index contributed by atoms with van der Waals surface area (Å²) in [6.45, 7) is 5.14. The Morgan fingerprint density at radius 3 is 2.83 bits per heavy atom. The van der Waals surface area contributed by atoms with Gasteiger partial charge in [-0.2, -0.15) is 4.31 Å². The van der Waals surface area contributed by atoms with Crippen molar-refractivity contribution in [2.24, 2.45) is 11.7 Å². The topological polar surface area (TPSA) is 92.5 Å². The van der Waals surface area contributed by atoms with Crippen molar-refractivity contribution in [2.45, 2.75) is 31.6 Å². The summed E-state index contributed by atoms with van der Waals surface area (Å²) >= 11 is 0. The molecule has 3 N–H and O–H groups in total. The monoisotopic (exact) mass is 339 g/mol. The number of hydrogen-bond donors (Lipinski definition) is 2. The molecule has 0 spiro atoms. The number of benzene rings is 1. The van der Waals surface area contributed by atoms with Crippen LogP contribution in [0.4, 0.5) is 0 Å². The largest absolute Gasteiger partial charge is 0.355 e. The Morgan fingerprint density at radius 2 is 2.13 bits per heavy atom. The molecule has 1 aromatic rings. The molecule has 2 rings (SSSR count). The summed E-state index contributed by atoms with van der Waals surface area (Å²) < 4.78 is 27.3. The third-order valence-corrected chi connectivity index (χ3v) is 6.17. The molecule has 1 aromatic carbocycles. The van der Waals surface area contributed by atoms with Gasteiger partial charge in [-0.3, -0.25) is 4.79 Å². The number of hydrogen-bond acceptors (Lipinski definition) is 4. The number of sulfonamides is 1. The number of nitrogens with two attached hydrogens (primary N) is 1. The lowest BCUT2D eigenvalue weighted by Gasteiger charge is -2.31. The van der Waals surface area contributed by atoms with Gasteiger partial charge >= 0.3 is 0 Å². The highest BCUT2D eigenvalue weighted by atomic mass is 32.2. The molecule has 6 nitrogen and oxygen atoms in total. The zero-order chi connectivity index (χ0) is 17.0. The van der Waals surface area contributed by atoms with Gasteiger partial charge in [0.15, 0.2) is 0 Å². The summed E-state index contributed by atoms with van der Waals surface area (Å²) in [4.78, 5) is 12.4. The summed E-state index contributed by atoms with van der Waals surface area (Å²) in [5.74, 6) is -0.425. The van der Waals surface area contributed by atoms with E-state index in [1.165, 1.54) is 4.31 Å². The maximum atomic E-state index is 12.9. The lowest BCUT2D eigenvalue weighted by molar-refractivity contribution is -0.126. The molecule has 1 aliphatic heterocycles. The zero-order valence-electron chi connectivity index (χ0n) is 13.7. The number of nitrogens with one attached hydrogen (secondary N) is 1. The van der Waals surface area contributed by atoms with E-state index < -0.39 is 10.0 Å². The summed E-state index contributed by atoms with van der Waals surface area (Å²) in [7, 11) is -3.57. The van der Waals surface area contributed by atoms with Crippen LogP contribution in [-0.2, 0) is 14.8 Å². The van der Waals surface area contributed by atoms with Gasteiger partial charge in [-0.1, -0.05) is 12.1 Å². The highest BCUT2D eigenvalue weighted by Crippen LogP contribution is 2.26. The smallest absolute Gasteiger partial charge is 0.243 e. The number of nitrogens with zero attached hydrogens (tertiary/aromatic N) is 1. The van der Waals surface area contributed by atoms with Crippen molar-refractivity contribution in [1.82, 2.24) is 9.62 Å². The molecule has 0 saturated carbocycles. The minimum Gasteiger partial charge on any atom is -0.355 e. The van der Waals surface area contributed by atoms with Crippen LogP contribution < -0.4 is 11.1 Å². The first-order chi connectivity index (χ1) is 10.9. The van der Waals surface area contributed by atoms with Gasteiger partial charge < -0.3 is 11.1 Å². The van der Waals surface area contributed by atoms with E-state index in [0.717, 1.165) is 11.1 Å². The van der Waals surface area contributed by atoms with Crippen molar-refractivity contribution in [1.29, 1.82) is 0 Å². The highest BCUT2D eigenvalue weighted by molar-refractivity contribution is 7.89. The lowest BCUT2D eigenvalue weighted by Crippen LogP contribution is -2.46. The van der Waals surface area contributed by atoms with Gasteiger partial charge in [0.25, 0.3) is 0 Å². The maximum Gasteiger partial charge on any atom is 0.243 e. The highest BCUT2D eigenvalue weighted by Gasteiger charge is 2.33. The normalized spacial score (nSPS) is 19.5. The fourth-order valence-corrected chi connectivity index (χ4v) is 4.67. The Bertz CT molecular complexity index is 673. The zero-order valence-corrected chi connectivity index (χ0v) is 14.5. The average Bonchev–Trinajstić information content (AvgIpc) is 2.54. The molecule has 0 aromatic heterocycles. The third-order valence-electron chi connectivity index (χ3n) is 4.16. The van der Waals surface area contributed by atoms with Crippen molar-refractivity contribution < 1.29 is 13.2 Å². The van der Waals surface area contributed by atoms with Gasteiger partial charge in [-0.05, 0) is 43.9 Å². The molecule has 0 bridgehead atoms. The fraction of sp³-hybridized carbons (Fsp3) is 0.562. The fourth-order valence-electron chi connectivity index (χ4n) is 2.84. The van der Waals surface area contributed by atoms with Crippen LogP contribution in [0.2, 0.25) is 0 Å². The molecule has 7 heteroatoms. The number of carbonyl (C=O) groups is 1. The summed E-state index contributed by atoms with van der Waals surface area (Å²) in [6.07, 6.45) is 1.39. The van der Waals surface area contributed by atoms with Crippen LogP contribution in [0.25, 0.3) is 0 Å². The van der Waals surface area contributed by atoms with E-state index in [-0.39, 0.29) is 18.4 Å². The summed E-state index contributed by atoms with van der Waals surface area (Å²) in [6, 6.07) is 5.41. The van der Waals surface area contributed by atoms with E-state index >= 15 is 0 Å². The number of carbonyl (C=O) groups excluding carboxylic acids is 1. The van der Waals surface area contributed by atoms with Gasteiger partial charge in [0.05, 0.1) is 10.8 Å². The maximum absolute atomic E-state index is 12.9. The molecule has 128 valence electrons. The minimum atomic E-state index is -3.57. The van der Waals surface area contributed by atoms with Crippen molar-refractivity contribution in [3.05, 3.63) is 29.3 Å². The summed E-state index contributed by atoms with van der Waals surface area (Å²) in [5.41, 5.74) is 7.02. The van der Waals surface area contributed by atoms with Gasteiger partial charge in [0, 0.05) is 26.2 Å². The molecule has 0 aliphatic carbocycles. The Morgan fingerprint density at radius 1 is 1.39 bits per heavy atom. The molecule has 1 heterocycles. The molecule has 1 fully saturated rings. The van der Waals surface area contributed by atoms with Crippen LogP contribution >= 0.6 is 0 Å². The SMILES string of the molecule is Cc1ccc(C)c(S(=O)(=O)N2CCCC(C(=O)NCCN)C2)c1. The summed E-state index contributed by atoms with van der Waals surface area (Å²) in [5, 5.41) is 2.75. The van der Waals surface area contributed by atoms with E-state index in [0.29, 0.717) is 37.4 Å². The average molecular weight is 339 g/mol. The van der Waals surface area contributed by atoms with Gasteiger partial charge in [-0.15, -0.1) is 0 Å². The Labute approximate surface area is 138 Å². The molecular formula is C16H25N3O3S. The van der Waals surface area contributed by atoms with E-state index in [1.54, 1.807) is 13.0 Å². The van der Waals surface area contributed by atoms with Crippen LogP contribution in [0.5, 0.6) is 0 Å². The van der Waals surface area contributed by atoms with E-state index in [1.807, 2.05) is 19.1 Å². The van der Waals surface area contributed by atoms with Gasteiger partial charge in [-0.25, -0.2) is 8.42 Å². The van der Waals surface area contributed by atoms with Crippen LogP contribution in [0.3, 0.4) is 0 Å². The number of amides is 1. The number of rotatable bonds is 5. The van der Waals surface area contributed by atoms with Gasteiger partial charge in [0.1, 0.15) is 0 Å². The molecule has 1 saturated heterocycles. The Kier molecular flexibility index (Phi) is 5.78. The Hall–Kier alpha value is -1.44. The first kappa shape index (κ1) is 17.9. The minimum absolute atomic E-state index is 0.115. The first-order valence-electron chi connectivity index (χ1n) is 7.91. The molecule has 1 unspecified atom stereocenters. The molecule has 1 atom stereocenters. The second-order valence-electron chi connectivity index (χ2n) is 6.05. The molecule has 1 aliphatic rings. The standard InChI is InChI=1S/C16H25N3O3S/c1-12-5-6-13(2)15(10-12)23(21,22)19-9-3-4-14(11-19)16(20)18-8-7-17/h5-6,10,14H,3-4,7-9,11,17H2,1-2H3,(H,18,20). The second-order valence-corrected chi connectivity index (χ2v) is 7.96. The molecule has 23 heavy (non-hydrogen) atoms. The van der Waals surface area contributed by atoms with E-state index in [9.17, 15) is 13.2 Å². The quantitative estimate of drug-likeness (QED) is 0.829. The number of piperidine rings is 1. The lowest BCUT2D eigenvalue weighted by atomic mass is 9.99. The van der Waals surface area contributed by atoms with E-state index in [2.05, 4.69) is 5.32 Å². The van der Waals surface area contributed by atoms with Gasteiger partial charge in [0.2, 0.25) is 15.9 Å². The van der Waals surface area contributed by atoms with Crippen LogP contribution in [0, 0.1) is 19.8 Å². The molecular weight excluding hydrogens is 314 g/mol. The van der Waals surface area contributed by atoms with Crippen molar-refractivity contribution in [3.8, 4) is 0 Å². The van der Waals surface area contributed by atoms with Crippen molar-refractivity contribution in [3.63, 3.8) is 0 Å². The van der Waals surface area contributed by atoms with Crippen LogP contribution in [0.1, 0.15) is 24.0 Å². The first-order valence-corrected chi connectivity index (χ1v) is 9.35. The van der Waals surface area contributed by atoms with Crippen LogP contribution in [-0.4, -0.2) is 44.8 Å². The molecule has 1 amide bonds. The van der Waals surface area contributed by atoms with Crippen LogP contribution in [0.15, 0.2) is 23.1 Å². The number of aryl methyl sites for hydroxylation is 2. The Balaban J connectivity index is 2.19. The third kappa shape index (κ3) is 4.10. The predicted octanol–water partition coefficient (Wildman–Crippen LogP) is 0.779. The second kappa shape index (κ2) is 7.42. The van der Waals surface area contributed by atoms with E-state index in [4.69, 9.17) is 5.73 Å². The van der Waals surface area contributed by atoms with Crippen molar-refractivity contribution >= 4 is 15.9 Å². The van der Waals surface area contributed by atoms with Crippen molar-refractivity contribution in [2.75, 3.05) is 26.2 Å². The molecule has 0 radical (unpaired) electrons.